The second-order valence-electron chi connectivity index (χ2n) is 7.93. The Kier molecular flexibility index (Phi) is 2.91. The molecule has 3 N–H and O–H groups in total. The normalized spacial score (nSPS) is 42.5. The highest BCUT2D eigenvalue weighted by Gasteiger charge is 2.73. The molecular weight excluding hydrogens is 304 g/mol. The number of likely N-dealkylation sites (N-methyl/N-ethyl adjacent to an activating group) is 1. The Labute approximate surface area is 142 Å². The average Bonchev–Trinajstić information content (AvgIpc) is 2.92. The van der Waals surface area contributed by atoms with Crippen molar-refractivity contribution in [3.8, 4) is 11.5 Å². The molecule has 2 aliphatic carbocycles. The fourth-order valence-electron chi connectivity index (χ4n) is 6.31. The monoisotopic (exact) mass is 330 g/mol. The maximum atomic E-state index is 10.4. The van der Waals surface area contributed by atoms with Crippen molar-refractivity contribution in [1.82, 2.24) is 4.90 Å². The van der Waals surface area contributed by atoms with Gasteiger partial charge >= 0.3 is 0 Å². The fraction of sp³-hybridized carbons (Fsp3) is 0.684. The van der Waals surface area contributed by atoms with Crippen molar-refractivity contribution < 1.29 is 14.6 Å². The maximum absolute atomic E-state index is 10.4. The van der Waals surface area contributed by atoms with Gasteiger partial charge in [0.15, 0.2) is 11.5 Å². The number of hydrogen-bond donors (Lipinski definition) is 2. The molecule has 1 spiro atoms. The van der Waals surface area contributed by atoms with Crippen LogP contribution in [0, 0.1) is 0 Å². The molecule has 1 aromatic rings. The van der Waals surface area contributed by atoms with Gasteiger partial charge in [-0.3, -0.25) is 0 Å². The zero-order valence-electron chi connectivity index (χ0n) is 14.4. The van der Waals surface area contributed by atoms with E-state index in [1.807, 2.05) is 0 Å². The predicted molar refractivity (Wildman–Crippen MR) is 90.5 cm³/mol. The van der Waals surface area contributed by atoms with E-state index in [1.54, 1.807) is 6.07 Å². The van der Waals surface area contributed by atoms with Crippen LogP contribution in [0.5, 0.6) is 11.5 Å². The van der Waals surface area contributed by atoms with Crippen molar-refractivity contribution in [3.63, 3.8) is 0 Å². The van der Waals surface area contributed by atoms with E-state index >= 15 is 0 Å². The molecule has 0 aromatic heterocycles. The van der Waals surface area contributed by atoms with Gasteiger partial charge in [-0.05, 0) is 57.8 Å². The SMILES string of the molecule is CCO[C@@]12CC[C@@H](N)[C@@H]3Oc4c(O)ccc5c4[C@@]31CCN(C)C2C5. The van der Waals surface area contributed by atoms with Gasteiger partial charge in [-0.15, -0.1) is 0 Å². The molecule has 1 saturated heterocycles. The number of phenols is 1. The minimum atomic E-state index is -0.263. The molecule has 24 heavy (non-hydrogen) atoms. The third-order valence-electron chi connectivity index (χ3n) is 7.14. The standard InChI is InChI=1S/C19H26N2O3/c1-3-23-19-7-6-12(20)17-18(19)8-9-21(2)14(19)10-11-4-5-13(22)16(24-17)15(11)18/h4-5,12,14,17,22H,3,6-10,20H2,1-2H3/t12-,14?,17+,18+,19-/m1/s1. The quantitative estimate of drug-likeness (QED) is 0.861. The van der Waals surface area contributed by atoms with E-state index < -0.39 is 0 Å². The summed E-state index contributed by atoms with van der Waals surface area (Å²) in [4.78, 5) is 2.46. The molecule has 0 amide bonds. The van der Waals surface area contributed by atoms with Crippen molar-refractivity contribution in [2.45, 2.75) is 61.8 Å². The maximum Gasteiger partial charge on any atom is 0.165 e. The van der Waals surface area contributed by atoms with E-state index in [9.17, 15) is 5.11 Å². The van der Waals surface area contributed by atoms with E-state index in [-0.39, 0.29) is 28.9 Å². The van der Waals surface area contributed by atoms with Crippen LogP contribution in [0.25, 0.3) is 0 Å². The van der Waals surface area contributed by atoms with Crippen molar-refractivity contribution in [2.75, 3.05) is 20.2 Å². The van der Waals surface area contributed by atoms with Crippen molar-refractivity contribution >= 4 is 0 Å². The topological polar surface area (TPSA) is 68.0 Å². The summed E-state index contributed by atoms with van der Waals surface area (Å²) in [5.41, 5.74) is 8.54. The number of piperidine rings is 1. The van der Waals surface area contributed by atoms with Gasteiger partial charge in [0.05, 0.1) is 11.0 Å². The van der Waals surface area contributed by atoms with Crippen LogP contribution in [0.2, 0.25) is 0 Å². The Hall–Kier alpha value is -1.30. The van der Waals surface area contributed by atoms with Crippen molar-refractivity contribution in [2.24, 2.45) is 5.73 Å². The molecule has 130 valence electrons. The number of nitrogens with two attached hydrogens (primary N) is 1. The van der Waals surface area contributed by atoms with Crippen LogP contribution in [0.15, 0.2) is 12.1 Å². The summed E-state index contributed by atoms with van der Waals surface area (Å²) in [6, 6.07) is 4.18. The summed E-state index contributed by atoms with van der Waals surface area (Å²) in [6.45, 7) is 3.79. The van der Waals surface area contributed by atoms with Gasteiger partial charge < -0.3 is 25.2 Å². The smallest absolute Gasteiger partial charge is 0.165 e. The summed E-state index contributed by atoms with van der Waals surface area (Å²) in [5.74, 6) is 0.912. The molecule has 1 unspecified atom stereocenters. The first-order valence-electron chi connectivity index (χ1n) is 9.17. The van der Waals surface area contributed by atoms with E-state index in [4.69, 9.17) is 15.2 Å². The minimum Gasteiger partial charge on any atom is -0.504 e. The number of phenolic OH excluding ortho intramolecular Hbond substituents is 1. The van der Waals surface area contributed by atoms with Crippen LogP contribution in [-0.2, 0) is 16.6 Å². The van der Waals surface area contributed by atoms with Gasteiger partial charge in [-0.25, -0.2) is 0 Å². The summed E-state index contributed by atoms with van der Waals surface area (Å²) in [7, 11) is 2.21. The van der Waals surface area contributed by atoms with Crippen LogP contribution >= 0.6 is 0 Å². The molecule has 2 fully saturated rings. The number of aromatic hydroxyl groups is 1. The van der Waals surface area contributed by atoms with Gasteiger partial charge in [0.25, 0.3) is 0 Å². The molecule has 5 nitrogen and oxygen atoms in total. The van der Waals surface area contributed by atoms with Gasteiger partial charge in [-0.1, -0.05) is 6.07 Å². The Morgan fingerprint density at radius 2 is 2.25 bits per heavy atom. The zero-order chi connectivity index (χ0) is 16.7. The lowest BCUT2D eigenvalue weighted by molar-refractivity contribution is -0.212. The van der Waals surface area contributed by atoms with Crippen molar-refractivity contribution in [3.05, 3.63) is 23.3 Å². The Bertz CT molecular complexity index is 708. The second kappa shape index (κ2) is 4.65. The zero-order valence-corrected chi connectivity index (χ0v) is 14.4. The lowest BCUT2D eigenvalue weighted by atomic mass is 9.48. The molecule has 2 heterocycles. The van der Waals surface area contributed by atoms with Crippen molar-refractivity contribution in [1.29, 1.82) is 0 Å². The number of likely N-dealkylation sites (tertiary alicyclic amines) is 1. The van der Waals surface area contributed by atoms with Crippen LogP contribution in [0.4, 0.5) is 0 Å². The Morgan fingerprint density at radius 3 is 3.04 bits per heavy atom. The first-order valence-corrected chi connectivity index (χ1v) is 9.17. The van der Waals surface area contributed by atoms with Gasteiger partial charge in [0, 0.05) is 24.3 Å². The first kappa shape index (κ1) is 15.0. The number of rotatable bonds is 2. The van der Waals surface area contributed by atoms with Crippen LogP contribution in [-0.4, -0.2) is 54.0 Å². The van der Waals surface area contributed by atoms with E-state index in [0.29, 0.717) is 18.4 Å². The highest BCUT2D eigenvalue weighted by atomic mass is 16.5. The van der Waals surface area contributed by atoms with Crippen LogP contribution in [0.1, 0.15) is 37.3 Å². The number of nitrogens with zero attached hydrogens (tertiary/aromatic N) is 1. The molecule has 5 rings (SSSR count). The largest absolute Gasteiger partial charge is 0.504 e. The second-order valence-corrected chi connectivity index (χ2v) is 7.93. The summed E-state index contributed by atoms with van der Waals surface area (Å²) in [6.07, 6.45) is 3.69. The predicted octanol–water partition coefficient (Wildman–Crippen LogP) is 1.55. The number of hydrogen-bond acceptors (Lipinski definition) is 5. The highest BCUT2D eigenvalue weighted by molar-refractivity contribution is 5.62. The number of benzene rings is 1. The van der Waals surface area contributed by atoms with Gasteiger partial charge in [-0.2, -0.15) is 0 Å². The minimum absolute atomic E-state index is 0.0135. The summed E-state index contributed by atoms with van der Waals surface area (Å²) < 4.78 is 12.9. The molecule has 5 heteroatoms. The molecule has 1 saturated carbocycles. The third-order valence-corrected chi connectivity index (χ3v) is 7.14. The van der Waals surface area contributed by atoms with Gasteiger partial charge in [0.1, 0.15) is 6.10 Å². The Balaban J connectivity index is 1.84. The molecule has 5 atom stereocenters. The van der Waals surface area contributed by atoms with E-state index in [0.717, 1.165) is 32.2 Å². The fourth-order valence-corrected chi connectivity index (χ4v) is 6.31. The summed E-state index contributed by atoms with van der Waals surface area (Å²) in [5, 5.41) is 10.4. The lowest BCUT2D eigenvalue weighted by Gasteiger charge is -2.65. The van der Waals surface area contributed by atoms with Gasteiger partial charge in [0.2, 0.25) is 0 Å². The summed E-state index contributed by atoms with van der Waals surface area (Å²) >= 11 is 0. The van der Waals surface area contributed by atoms with Crippen LogP contribution < -0.4 is 10.5 Å². The molecular formula is C19H26N2O3. The van der Waals surface area contributed by atoms with Crippen LogP contribution in [0.3, 0.4) is 0 Å². The lowest BCUT2D eigenvalue weighted by Crippen LogP contribution is -2.78. The molecule has 0 radical (unpaired) electrons. The molecule has 2 aliphatic heterocycles. The molecule has 1 aromatic carbocycles. The van der Waals surface area contributed by atoms with E-state index in [2.05, 4.69) is 24.9 Å². The number of ether oxygens (including phenoxy) is 2. The first-order chi connectivity index (χ1) is 11.5. The third kappa shape index (κ3) is 1.44. The Morgan fingerprint density at radius 1 is 1.42 bits per heavy atom. The highest BCUT2D eigenvalue weighted by Crippen LogP contribution is 2.66. The average molecular weight is 330 g/mol. The molecule has 4 aliphatic rings. The molecule has 2 bridgehead atoms. The van der Waals surface area contributed by atoms with E-state index in [1.165, 1.54) is 11.1 Å².